The second-order valence-electron chi connectivity index (χ2n) is 6.44. The van der Waals surface area contributed by atoms with Crippen LogP contribution in [0.25, 0.3) is 0 Å². The van der Waals surface area contributed by atoms with E-state index in [-0.39, 0.29) is 0 Å². The predicted octanol–water partition coefficient (Wildman–Crippen LogP) is 4.36. The van der Waals surface area contributed by atoms with E-state index in [9.17, 15) is 0 Å². The quantitative estimate of drug-likeness (QED) is 0.455. The molecule has 0 atom stereocenters. The number of unbranched alkanes of at least 4 members (excludes halogenated alkanes) is 3. The molecule has 0 aliphatic heterocycles. The lowest BCUT2D eigenvalue weighted by molar-refractivity contribution is 0.706. The summed E-state index contributed by atoms with van der Waals surface area (Å²) in [5, 5.41) is 0. The molecule has 86 valence electrons. The molecule has 0 aromatic rings. The highest BCUT2D eigenvalue weighted by atomic mass is 31.2. The zero-order valence-electron chi connectivity index (χ0n) is 11.1. The summed E-state index contributed by atoms with van der Waals surface area (Å²) in [6.07, 6.45) is 8.88. The zero-order valence-corrected chi connectivity index (χ0v) is 12.9. The van der Waals surface area contributed by atoms with Crippen molar-refractivity contribution >= 4 is 14.5 Å². The van der Waals surface area contributed by atoms with Crippen molar-refractivity contribution in [3.05, 3.63) is 0 Å². The van der Waals surface area contributed by atoms with Crippen LogP contribution in [0.1, 0.15) is 25.7 Å². The van der Waals surface area contributed by atoms with E-state index in [2.05, 4.69) is 40.0 Å². The summed E-state index contributed by atoms with van der Waals surface area (Å²) in [6.45, 7) is 14.7. The summed E-state index contributed by atoms with van der Waals surface area (Å²) in [4.78, 5) is 0. The fourth-order valence-electron chi connectivity index (χ4n) is 1.53. The molecule has 0 aliphatic carbocycles. The van der Waals surface area contributed by atoms with Crippen molar-refractivity contribution in [2.45, 2.75) is 25.7 Å². The fourth-order valence-corrected chi connectivity index (χ4v) is 3.87. The van der Waals surface area contributed by atoms with Crippen molar-refractivity contribution in [2.24, 2.45) is 0 Å². The molecule has 0 fully saturated rings. The summed E-state index contributed by atoms with van der Waals surface area (Å²) < 4.78 is 0. The highest BCUT2D eigenvalue weighted by Crippen LogP contribution is 2.48. The fraction of sp³-hybridized carbons (Fsp3) is 1.00. The van der Waals surface area contributed by atoms with Gasteiger partial charge in [-0.15, -0.1) is 0 Å². The molecule has 0 unspecified atom stereocenters. The van der Waals surface area contributed by atoms with Gasteiger partial charge in [0.05, 0.1) is 12.3 Å². The van der Waals surface area contributed by atoms with Crippen LogP contribution < -0.4 is 0 Å². The van der Waals surface area contributed by atoms with E-state index in [1.54, 1.807) is 0 Å². The molecule has 0 heterocycles. The van der Waals surface area contributed by atoms with E-state index in [1.165, 1.54) is 38.0 Å². The molecular formula is C12H30P2+2. The van der Waals surface area contributed by atoms with Crippen LogP contribution in [0.5, 0.6) is 0 Å². The Hall–Kier alpha value is 0.860. The van der Waals surface area contributed by atoms with Gasteiger partial charge in [0.2, 0.25) is 0 Å². The predicted molar refractivity (Wildman–Crippen MR) is 77.6 cm³/mol. The molecule has 0 aromatic carbocycles. The van der Waals surface area contributed by atoms with E-state index in [4.69, 9.17) is 0 Å². The first-order valence-electron chi connectivity index (χ1n) is 5.82. The molecule has 14 heavy (non-hydrogen) atoms. The smallest absolute Gasteiger partial charge is 0.0497 e. The molecule has 0 nitrogen and oxygen atoms in total. The molecule has 0 aromatic heterocycles. The van der Waals surface area contributed by atoms with Gasteiger partial charge in [-0.2, -0.15) is 0 Å². The van der Waals surface area contributed by atoms with Crippen LogP contribution in [0.3, 0.4) is 0 Å². The number of hydrogen-bond donors (Lipinski definition) is 0. The van der Waals surface area contributed by atoms with Crippen molar-refractivity contribution in [1.29, 1.82) is 0 Å². The lowest BCUT2D eigenvalue weighted by Crippen LogP contribution is -1.95. The van der Waals surface area contributed by atoms with Crippen LogP contribution in [0.2, 0.25) is 0 Å². The van der Waals surface area contributed by atoms with Crippen molar-refractivity contribution < 1.29 is 0 Å². The highest BCUT2D eigenvalue weighted by molar-refractivity contribution is 7.74. The minimum Gasteiger partial charge on any atom is -0.0497 e. The average Bonchev–Trinajstić information content (AvgIpc) is 1.92. The molecule has 0 aliphatic rings. The Balaban J connectivity index is 3.23. The molecule has 0 spiro atoms. The van der Waals surface area contributed by atoms with Gasteiger partial charge in [0.15, 0.2) is 0 Å². The summed E-state index contributed by atoms with van der Waals surface area (Å²) >= 11 is 0. The Bertz CT molecular complexity index is 121. The van der Waals surface area contributed by atoms with Crippen LogP contribution in [-0.2, 0) is 0 Å². The molecule has 0 amide bonds. The van der Waals surface area contributed by atoms with Crippen LogP contribution in [0.15, 0.2) is 0 Å². The Labute approximate surface area is 92.9 Å². The third-order valence-electron chi connectivity index (χ3n) is 2.41. The van der Waals surface area contributed by atoms with E-state index in [0.717, 1.165) is 0 Å². The van der Waals surface area contributed by atoms with Gasteiger partial charge in [-0.1, -0.05) is 0 Å². The standard InChI is InChI=1S/C12H30P2/c1-13(2,3)11-9-7-8-10-12-14(4,5)6/h7-12H2,1-6H3/q+2. The van der Waals surface area contributed by atoms with E-state index < -0.39 is 14.5 Å². The first-order chi connectivity index (χ1) is 6.21. The maximum Gasteiger partial charge on any atom is 0.0586 e. The summed E-state index contributed by atoms with van der Waals surface area (Å²) in [5.41, 5.74) is 0. The zero-order chi connectivity index (χ0) is 11.2. The van der Waals surface area contributed by atoms with E-state index >= 15 is 0 Å². The van der Waals surface area contributed by atoms with Crippen molar-refractivity contribution in [3.63, 3.8) is 0 Å². The lowest BCUT2D eigenvalue weighted by atomic mass is 10.2. The number of hydrogen-bond acceptors (Lipinski definition) is 0. The molecule has 0 N–H and O–H groups in total. The van der Waals surface area contributed by atoms with Crippen molar-refractivity contribution in [2.75, 3.05) is 52.3 Å². The number of rotatable bonds is 7. The molecule has 0 saturated carbocycles. The molecular weight excluding hydrogens is 206 g/mol. The molecule has 0 rings (SSSR count). The minimum absolute atomic E-state index is 0.490. The lowest BCUT2D eigenvalue weighted by Gasteiger charge is -2.12. The molecule has 0 bridgehead atoms. The van der Waals surface area contributed by atoms with Crippen molar-refractivity contribution in [1.82, 2.24) is 0 Å². The molecule has 2 heteroatoms. The second kappa shape index (κ2) is 6.44. The Kier molecular flexibility index (Phi) is 6.84. The van der Waals surface area contributed by atoms with Gasteiger partial charge < -0.3 is 0 Å². The van der Waals surface area contributed by atoms with Crippen LogP contribution in [0, 0.1) is 0 Å². The molecule has 0 saturated heterocycles. The van der Waals surface area contributed by atoms with Crippen LogP contribution in [0.4, 0.5) is 0 Å². The molecule has 0 radical (unpaired) electrons. The Morgan fingerprint density at radius 3 is 1.00 bits per heavy atom. The van der Waals surface area contributed by atoms with Gasteiger partial charge in [-0.25, -0.2) is 0 Å². The third-order valence-corrected chi connectivity index (χ3v) is 5.72. The monoisotopic (exact) mass is 236 g/mol. The van der Waals surface area contributed by atoms with Gasteiger partial charge in [0.25, 0.3) is 0 Å². The van der Waals surface area contributed by atoms with Gasteiger partial charge in [0.1, 0.15) is 0 Å². The van der Waals surface area contributed by atoms with Gasteiger partial charge in [0, 0.05) is 54.5 Å². The first-order valence-corrected chi connectivity index (χ1v) is 12.4. The minimum atomic E-state index is -0.490. The summed E-state index contributed by atoms with van der Waals surface area (Å²) in [7, 11) is -0.980. The van der Waals surface area contributed by atoms with E-state index in [1.807, 2.05) is 0 Å². The SMILES string of the molecule is C[P+](C)(C)CCCCCC[P+](C)(C)C. The second-order valence-corrected chi connectivity index (χ2v) is 16.5. The maximum atomic E-state index is 2.45. The van der Waals surface area contributed by atoms with Gasteiger partial charge in [-0.3, -0.25) is 0 Å². The van der Waals surface area contributed by atoms with Crippen LogP contribution >= 0.6 is 14.5 Å². The van der Waals surface area contributed by atoms with Gasteiger partial charge in [-0.05, 0) is 25.7 Å². The summed E-state index contributed by atoms with van der Waals surface area (Å²) in [5.74, 6) is 0. The maximum absolute atomic E-state index is 2.45. The largest absolute Gasteiger partial charge is 0.0586 e. The van der Waals surface area contributed by atoms with Crippen molar-refractivity contribution in [3.8, 4) is 0 Å². The van der Waals surface area contributed by atoms with Crippen LogP contribution in [-0.4, -0.2) is 52.3 Å². The topological polar surface area (TPSA) is 0 Å². The Morgan fingerprint density at radius 1 is 0.500 bits per heavy atom. The average molecular weight is 236 g/mol. The normalized spacial score (nSPS) is 13.3. The Morgan fingerprint density at radius 2 is 0.786 bits per heavy atom. The van der Waals surface area contributed by atoms with E-state index in [0.29, 0.717) is 0 Å². The first kappa shape index (κ1) is 14.9. The highest BCUT2D eigenvalue weighted by Gasteiger charge is 2.17. The third kappa shape index (κ3) is 12.9. The summed E-state index contributed by atoms with van der Waals surface area (Å²) in [6, 6.07) is 0. The van der Waals surface area contributed by atoms with Gasteiger partial charge >= 0.3 is 0 Å².